The van der Waals surface area contributed by atoms with Crippen LogP contribution in [0.4, 0.5) is 8.78 Å². The smallest absolute Gasteiger partial charge is 0.307 e. The molecule has 2 nitrogen and oxygen atoms in total. The Morgan fingerprint density at radius 3 is 2.60 bits per heavy atom. The van der Waals surface area contributed by atoms with Gasteiger partial charge in [-0.05, 0) is 0 Å². The average molecular weight is 150 g/mol. The second-order valence-corrected chi connectivity index (χ2v) is 2.25. The molecule has 1 atom stereocenters. The third kappa shape index (κ3) is 1.11. The minimum absolute atomic E-state index is 0.380. The Morgan fingerprint density at radius 2 is 2.40 bits per heavy atom. The molecule has 4 heteroatoms. The van der Waals surface area contributed by atoms with Crippen LogP contribution in [0.3, 0.4) is 0 Å². The van der Waals surface area contributed by atoms with Crippen molar-refractivity contribution in [2.24, 2.45) is 0 Å². The molecule has 0 amide bonds. The van der Waals surface area contributed by atoms with E-state index in [2.05, 4.69) is 11.3 Å². The van der Waals surface area contributed by atoms with Crippen LogP contribution in [-0.2, 0) is 4.74 Å². The fourth-order valence-corrected chi connectivity index (χ4v) is 0.831. The molecule has 0 bridgehead atoms. The van der Waals surface area contributed by atoms with Gasteiger partial charge in [-0.3, -0.25) is 0 Å². The van der Waals surface area contributed by atoms with Crippen molar-refractivity contribution < 1.29 is 18.6 Å². The Morgan fingerprint density at radius 1 is 1.80 bits per heavy atom. The second kappa shape index (κ2) is 2.20. The van der Waals surface area contributed by atoms with Crippen molar-refractivity contribution in [2.45, 2.75) is 18.4 Å². The van der Waals surface area contributed by atoms with E-state index in [1.165, 1.54) is 0 Å². The highest BCUT2D eigenvalue weighted by Gasteiger charge is 2.45. The highest BCUT2D eigenvalue weighted by atomic mass is 19.3. The Kier molecular flexibility index (Phi) is 1.64. The summed E-state index contributed by atoms with van der Waals surface area (Å²) in [7, 11) is 0. The predicted molar refractivity (Wildman–Crippen MR) is 30.7 cm³/mol. The van der Waals surface area contributed by atoms with E-state index in [4.69, 9.17) is 5.11 Å². The minimum atomic E-state index is -2.95. The molecule has 58 valence electrons. The molecule has 1 N–H and O–H groups in total. The second-order valence-electron chi connectivity index (χ2n) is 2.25. The fourth-order valence-electron chi connectivity index (χ4n) is 0.831. The first kappa shape index (κ1) is 7.47. The summed E-state index contributed by atoms with van der Waals surface area (Å²) in [4.78, 5) is 0. The normalized spacial score (nSPS) is 30.3. The molecule has 1 aliphatic rings. The SMILES string of the molecule is C=C1O[C@H](CO)CC1(F)F. The largest absolute Gasteiger partial charge is 0.486 e. The van der Waals surface area contributed by atoms with E-state index in [1.807, 2.05) is 0 Å². The Bertz CT molecular complexity index is 156. The molecule has 1 rings (SSSR count). The Hall–Kier alpha value is -0.640. The zero-order chi connectivity index (χ0) is 7.78. The van der Waals surface area contributed by atoms with Gasteiger partial charge in [-0.25, -0.2) is 0 Å². The molecule has 0 unspecified atom stereocenters. The topological polar surface area (TPSA) is 29.5 Å². The molecular weight excluding hydrogens is 142 g/mol. The van der Waals surface area contributed by atoms with Gasteiger partial charge >= 0.3 is 5.92 Å². The zero-order valence-electron chi connectivity index (χ0n) is 5.31. The van der Waals surface area contributed by atoms with Gasteiger partial charge in [0.25, 0.3) is 0 Å². The lowest BCUT2D eigenvalue weighted by atomic mass is 10.2. The minimum Gasteiger partial charge on any atom is -0.486 e. The number of halogens is 2. The van der Waals surface area contributed by atoms with Crippen LogP contribution in [0.15, 0.2) is 12.3 Å². The molecule has 1 heterocycles. The van der Waals surface area contributed by atoms with Gasteiger partial charge < -0.3 is 9.84 Å². The molecule has 10 heavy (non-hydrogen) atoms. The summed E-state index contributed by atoms with van der Waals surface area (Å²) in [5.74, 6) is -3.49. The van der Waals surface area contributed by atoms with E-state index in [0.717, 1.165) is 0 Å². The molecule has 1 fully saturated rings. The summed E-state index contributed by atoms with van der Waals surface area (Å²) in [6.45, 7) is 2.64. The van der Waals surface area contributed by atoms with Crippen LogP contribution in [0.2, 0.25) is 0 Å². The summed E-state index contributed by atoms with van der Waals surface area (Å²) in [5, 5.41) is 8.42. The molecule has 0 spiro atoms. The molecule has 0 aliphatic carbocycles. The van der Waals surface area contributed by atoms with E-state index >= 15 is 0 Å². The third-order valence-electron chi connectivity index (χ3n) is 1.40. The van der Waals surface area contributed by atoms with Crippen LogP contribution in [0, 0.1) is 0 Å². The summed E-state index contributed by atoms with van der Waals surface area (Å²) in [5.41, 5.74) is 0. The Labute approximate surface area is 57.1 Å². The molecular formula is C6H8F2O2. The van der Waals surface area contributed by atoms with E-state index in [9.17, 15) is 8.78 Å². The number of alkyl halides is 2. The number of rotatable bonds is 1. The van der Waals surface area contributed by atoms with Crippen LogP contribution in [0.1, 0.15) is 6.42 Å². The predicted octanol–water partition coefficient (Wildman–Crippen LogP) is 0.917. The average Bonchev–Trinajstić information content (AvgIpc) is 2.08. The van der Waals surface area contributed by atoms with Crippen LogP contribution in [0.25, 0.3) is 0 Å². The van der Waals surface area contributed by atoms with Gasteiger partial charge in [-0.1, -0.05) is 6.58 Å². The molecule has 0 radical (unpaired) electrons. The molecule has 0 aromatic carbocycles. The quantitative estimate of drug-likeness (QED) is 0.602. The van der Waals surface area contributed by atoms with E-state index in [-0.39, 0.29) is 6.61 Å². The van der Waals surface area contributed by atoms with E-state index in [1.54, 1.807) is 0 Å². The van der Waals surface area contributed by atoms with Gasteiger partial charge in [0.15, 0.2) is 5.76 Å². The number of aliphatic hydroxyl groups excluding tert-OH is 1. The van der Waals surface area contributed by atoms with Crippen molar-refractivity contribution in [1.29, 1.82) is 0 Å². The van der Waals surface area contributed by atoms with Gasteiger partial charge in [0.1, 0.15) is 6.10 Å². The maximum atomic E-state index is 12.4. The van der Waals surface area contributed by atoms with Crippen molar-refractivity contribution in [3.63, 3.8) is 0 Å². The first-order valence-electron chi connectivity index (χ1n) is 2.91. The lowest BCUT2D eigenvalue weighted by molar-refractivity contribution is 0.0384. The molecule has 0 aromatic heterocycles. The Balaban J connectivity index is 2.62. The van der Waals surface area contributed by atoms with Crippen molar-refractivity contribution in [2.75, 3.05) is 6.61 Å². The maximum absolute atomic E-state index is 12.4. The van der Waals surface area contributed by atoms with Gasteiger partial charge in [-0.2, -0.15) is 8.78 Å². The first-order valence-corrected chi connectivity index (χ1v) is 2.91. The van der Waals surface area contributed by atoms with Crippen LogP contribution < -0.4 is 0 Å². The summed E-state index contributed by atoms with van der Waals surface area (Å²) < 4.78 is 29.4. The summed E-state index contributed by atoms with van der Waals surface area (Å²) >= 11 is 0. The van der Waals surface area contributed by atoms with Crippen molar-refractivity contribution in [1.82, 2.24) is 0 Å². The lowest BCUT2D eigenvalue weighted by Crippen LogP contribution is -2.15. The lowest BCUT2D eigenvalue weighted by Gasteiger charge is -2.04. The fraction of sp³-hybridized carbons (Fsp3) is 0.667. The molecule has 0 saturated carbocycles. The highest BCUT2D eigenvalue weighted by Crippen LogP contribution is 2.37. The van der Waals surface area contributed by atoms with Crippen LogP contribution in [0.5, 0.6) is 0 Å². The van der Waals surface area contributed by atoms with Crippen LogP contribution in [-0.4, -0.2) is 23.7 Å². The van der Waals surface area contributed by atoms with Gasteiger partial charge in [0.05, 0.1) is 13.0 Å². The van der Waals surface area contributed by atoms with Crippen molar-refractivity contribution >= 4 is 0 Å². The molecule has 0 aromatic rings. The number of aliphatic hydroxyl groups is 1. The number of hydrogen-bond donors (Lipinski definition) is 1. The summed E-state index contributed by atoms with van der Waals surface area (Å²) in [6, 6.07) is 0. The highest BCUT2D eigenvalue weighted by molar-refractivity contribution is 5.06. The molecule has 1 saturated heterocycles. The summed E-state index contributed by atoms with van der Waals surface area (Å²) in [6.07, 6.45) is -1.23. The number of hydrogen-bond acceptors (Lipinski definition) is 2. The van der Waals surface area contributed by atoms with Gasteiger partial charge in [-0.15, -0.1) is 0 Å². The van der Waals surface area contributed by atoms with E-state index < -0.39 is 24.2 Å². The van der Waals surface area contributed by atoms with E-state index in [0.29, 0.717) is 0 Å². The van der Waals surface area contributed by atoms with Gasteiger partial charge in [0.2, 0.25) is 0 Å². The first-order chi connectivity index (χ1) is 4.56. The van der Waals surface area contributed by atoms with Crippen molar-refractivity contribution in [3.05, 3.63) is 12.3 Å². The molecule has 1 aliphatic heterocycles. The number of ether oxygens (including phenoxy) is 1. The van der Waals surface area contributed by atoms with Crippen molar-refractivity contribution in [3.8, 4) is 0 Å². The zero-order valence-corrected chi connectivity index (χ0v) is 5.31. The van der Waals surface area contributed by atoms with Crippen LogP contribution >= 0.6 is 0 Å². The number of allylic oxidation sites excluding steroid dienone is 1. The standard InChI is InChI=1S/C6H8F2O2/c1-4-6(7,8)2-5(3-9)10-4/h5,9H,1-3H2/t5-/m0/s1. The van der Waals surface area contributed by atoms with Gasteiger partial charge in [0, 0.05) is 0 Å². The maximum Gasteiger partial charge on any atom is 0.307 e. The third-order valence-corrected chi connectivity index (χ3v) is 1.40. The monoisotopic (exact) mass is 150 g/mol.